The third-order valence-corrected chi connectivity index (χ3v) is 4.11. The maximum Gasteiger partial charge on any atom is 0.237 e. The van der Waals surface area contributed by atoms with Crippen molar-refractivity contribution in [2.24, 2.45) is 11.8 Å². The van der Waals surface area contributed by atoms with E-state index in [4.69, 9.17) is 0 Å². The van der Waals surface area contributed by atoms with Gasteiger partial charge < -0.3 is 10.6 Å². The fraction of sp³-hybridized carbons (Fsp3) is 0.933. The van der Waals surface area contributed by atoms with Crippen LogP contribution >= 0.6 is 0 Å². The van der Waals surface area contributed by atoms with E-state index in [-0.39, 0.29) is 17.5 Å². The van der Waals surface area contributed by atoms with Gasteiger partial charge in [-0.2, -0.15) is 0 Å². The summed E-state index contributed by atoms with van der Waals surface area (Å²) < 4.78 is 0. The van der Waals surface area contributed by atoms with Gasteiger partial charge in [0, 0.05) is 11.6 Å². The summed E-state index contributed by atoms with van der Waals surface area (Å²) in [6.07, 6.45) is 3.75. The Morgan fingerprint density at radius 1 is 1.33 bits per heavy atom. The molecule has 3 heteroatoms. The minimum Gasteiger partial charge on any atom is -0.350 e. The van der Waals surface area contributed by atoms with E-state index in [2.05, 4.69) is 24.5 Å². The molecule has 1 rings (SSSR count). The molecule has 1 aliphatic rings. The first-order chi connectivity index (χ1) is 8.24. The van der Waals surface area contributed by atoms with E-state index in [0.717, 1.165) is 5.92 Å². The first-order valence-corrected chi connectivity index (χ1v) is 7.32. The third kappa shape index (κ3) is 4.27. The van der Waals surface area contributed by atoms with Crippen LogP contribution < -0.4 is 10.6 Å². The molecule has 0 bridgehead atoms. The summed E-state index contributed by atoms with van der Waals surface area (Å²) in [7, 11) is 0. The second kappa shape index (κ2) is 6.05. The highest BCUT2D eigenvalue weighted by atomic mass is 16.2. The van der Waals surface area contributed by atoms with Gasteiger partial charge in [-0.3, -0.25) is 4.79 Å². The van der Waals surface area contributed by atoms with Crippen molar-refractivity contribution < 1.29 is 4.79 Å². The van der Waals surface area contributed by atoms with Crippen LogP contribution in [0.25, 0.3) is 0 Å². The molecule has 18 heavy (non-hydrogen) atoms. The second-order valence-electron chi connectivity index (χ2n) is 6.84. The Bertz CT molecular complexity index is 283. The fourth-order valence-corrected chi connectivity index (χ4v) is 2.93. The topological polar surface area (TPSA) is 41.1 Å². The van der Waals surface area contributed by atoms with Gasteiger partial charge in [-0.15, -0.1) is 0 Å². The minimum absolute atomic E-state index is 0.104. The molecule has 1 fully saturated rings. The van der Waals surface area contributed by atoms with Crippen LogP contribution in [-0.2, 0) is 4.79 Å². The lowest BCUT2D eigenvalue weighted by atomic mass is 9.93. The van der Waals surface area contributed by atoms with Gasteiger partial charge in [-0.05, 0) is 52.4 Å². The Kier molecular flexibility index (Phi) is 5.20. The van der Waals surface area contributed by atoms with Gasteiger partial charge in [0.2, 0.25) is 5.91 Å². The maximum atomic E-state index is 12.0. The predicted octanol–water partition coefficient (Wildman–Crippen LogP) is 2.70. The summed E-state index contributed by atoms with van der Waals surface area (Å²) >= 11 is 0. The summed E-state index contributed by atoms with van der Waals surface area (Å²) in [6, 6.07) is 0.392. The van der Waals surface area contributed by atoms with Crippen molar-refractivity contribution in [2.75, 3.05) is 0 Å². The molecule has 3 nitrogen and oxygen atoms in total. The smallest absolute Gasteiger partial charge is 0.237 e. The lowest BCUT2D eigenvalue weighted by Crippen LogP contribution is -2.52. The van der Waals surface area contributed by atoms with Crippen LogP contribution in [-0.4, -0.2) is 23.5 Å². The van der Waals surface area contributed by atoms with Gasteiger partial charge in [0.15, 0.2) is 0 Å². The molecule has 1 aliphatic carbocycles. The molecule has 0 heterocycles. The highest BCUT2D eigenvalue weighted by Gasteiger charge is 2.33. The normalized spacial score (nSPS) is 30.2. The Hall–Kier alpha value is -0.570. The number of carbonyl (C=O) groups is 1. The van der Waals surface area contributed by atoms with Gasteiger partial charge in [0.1, 0.15) is 0 Å². The molecule has 4 atom stereocenters. The van der Waals surface area contributed by atoms with Crippen molar-refractivity contribution in [2.45, 2.75) is 78.4 Å². The monoisotopic (exact) mass is 254 g/mol. The molecule has 1 amide bonds. The largest absolute Gasteiger partial charge is 0.350 e. The van der Waals surface area contributed by atoms with E-state index in [1.54, 1.807) is 0 Å². The molecule has 0 spiro atoms. The minimum atomic E-state index is -0.153. The van der Waals surface area contributed by atoms with E-state index in [0.29, 0.717) is 12.0 Å². The molecule has 2 N–H and O–H groups in total. The summed E-state index contributed by atoms with van der Waals surface area (Å²) in [5.41, 5.74) is -0.153. The molecular weight excluding hydrogens is 224 g/mol. The molecule has 0 radical (unpaired) electrons. The number of rotatable bonds is 4. The average Bonchev–Trinajstić information content (AvgIpc) is 2.57. The van der Waals surface area contributed by atoms with Crippen LogP contribution in [0.1, 0.15) is 60.8 Å². The van der Waals surface area contributed by atoms with Crippen molar-refractivity contribution in [3.05, 3.63) is 0 Å². The number of carbonyl (C=O) groups excluding carboxylic acids is 1. The second-order valence-corrected chi connectivity index (χ2v) is 6.84. The van der Waals surface area contributed by atoms with Gasteiger partial charge in [-0.1, -0.05) is 20.3 Å². The van der Waals surface area contributed by atoms with Gasteiger partial charge in [-0.25, -0.2) is 0 Å². The molecule has 0 aromatic rings. The third-order valence-electron chi connectivity index (χ3n) is 4.11. The zero-order chi connectivity index (χ0) is 13.9. The summed E-state index contributed by atoms with van der Waals surface area (Å²) in [6.45, 7) is 12.6. The summed E-state index contributed by atoms with van der Waals surface area (Å²) in [5.74, 6) is 1.61. The summed E-state index contributed by atoms with van der Waals surface area (Å²) in [5, 5.41) is 6.53. The van der Waals surface area contributed by atoms with E-state index >= 15 is 0 Å². The maximum absolute atomic E-state index is 12.0. The van der Waals surface area contributed by atoms with Crippen LogP contribution in [0.5, 0.6) is 0 Å². The van der Waals surface area contributed by atoms with Gasteiger partial charge >= 0.3 is 0 Å². The zero-order valence-corrected chi connectivity index (χ0v) is 12.8. The van der Waals surface area contributed by atoms with Crippen molar-refractivity contribution in [1.82, 2.24) is 10.6 Å². The first-order valence-electron chi connectivity index (χ1n) is 7.32. The number of hydrogen-bond donors (Lipinski definition) is 2. The molecule has 1 saturated carbocycles. The fourth-order valence-electron chi connectivity index (χ4n) is 2.93. The Morgan fingerprint density at radius 3 is 2.39 bits per heavy atom. The van der Waals surface area contributed by atoms with Crippen LogP contribution in [0.2, 0.25) is 0 Å². The average molecular weight is 254 g/mol. The molecule has 0 aromatic carbocycles. The van der Waals surface area contributed by atoms with Crippen LogP contribution in [0.15, 0.2) is 0 Å². The van der Waals surface area contributed by atoms with E-state index in [1.807, 2.05) is 27.7 Å². The quantitative estimate of drug-likeness (QED) is 0.810. The molecular formula is C15H30N2O. The van der Waals surface area contributed by atoms with Crippen molar-refractivity contribution >= 4 is 5.91 Å². The van der Waals surface area contributed by atoms with Crippen molar-refractivity contribution in [3.8, 4) is 0 Å². The van der Waals surface area contributed by atoms with Crippen LogP contribution in [0.3, 0.4) is 0 Å². The zero-order valence-electron chi connectivity index (χ0n) is 12.8. The predicted molar refractivity (Wildman–Crippen MR) is 76.5 cm³/mol. The Balaban J connectivity index is 2.45. The van der Waals surface area contributed by atoms with Crippen molar-refractivity contribution in [3.63, 3.8) is 0 Å². The SMILES string of the molecule is CCC1CCC(NC(C)C(=O)NC(C)(C)C)C1C. The Labute approximate surface area is 112 Å². The first kappa shape index (κ1) is 15.5. The van der Waals surface area contributed by atoms with Gasteiger partial charge in [0.05, 0.1) is 6.04 Å². The molecule has 0 aromatic heterocycles. The lowest BCUT2D eigenvalue weighted by molar-refractivity contribution is -0.124. The standard InChI is InChI=1S/C15H30N2O/c1-7-12-8-9-13(10(12)2)16-11(3)14(18)17-15(4,5)6/h10-13,16H,7-9H2,1-6H3,(H,17,18). The Morgan fingerprint density at radius 2 is 1.94 bits per heavy atom. The molecule has 4 unspecified atom stereocenters. The van der Waals surface area contributed by atoms with E-state index < -0.39 is 0 Å². The highest BCUT2D eigenvalue weighted by Crippen LogP contribution is 2.34. The highest BCUT2D eigenvalue weighted by molar-refractivity contribution is 5.81. The summed E-state index contributed by atoms with van der Waals surface area (Å²) in [4.78, 5) is 12.0. The van der Waals surface area contributed by atoms with Crippen LogP contribution in [0, 0.1) is 11.8 Å². The van der Waals surface area contributed by atoms with Gasteiger partial charge in [0.25, 0.3) is 0 Å². The number of amides is 1. The molecule has 0 saturated heterocycles. The molecule has 106 valence electrons. The van der Waals surface area contributed by atoms with Crippen molar-refractivity contribution in [1.29, 1.82) is 0 Å². The number of hydrogen-bond acceptors (Lipinski definition) is 2. The number of nitrogens with one attached hydrogen (secondary N) is 2. The lowest BCUT2D eigenvalue weighted by Gasteiger charge is -2.27. The molecule has 0 aliphatic heterocycles. The van der Waals surface area contributed by atoms with Crippen LogP contribution in [0.4, 0.5) is 0 Å². The van der Waals surface area contributed by atoms with E-state index in [1.165, 1.54) is 19.3 Å². The van der Waals surface area contributed by atoms with E-state index in [9.17, 15) is 4.79 Å².